The van der Waals surface area contributed by atoms with Crippen LogP contribution in [0.5, 0.6) is 11.5 Å². The van der Waals surface area contributed by atoms with Crippen molar-refractivity contribution in [1.82, 2.24) is 0 Å². The molecule has 26 heavy (non-hydrogen) atoms. The first kappa shape index (κ1) is 17.9. The number of aryl methyl sites for hydroxylation is 1. The van der Waals surface area contributed by atoms with Crippen LogP contribution in [0.25, 0.3) is 0 Å². The number of amides is 1. The molecule has 6 heteroatoms. The number of hydrogen-bond donors (Lipinski definition) is 1. The summed E-state index contributed by atoms with van der Waals surface area (Å²) in [6.45, 7) is 2.13. The minimum Gasteiger partial charge on any atom is -0.497 e. The summed E-state index contributed by atoms with van der Waals surface area (Å²) in [6, 6.07) is 15.8. The minimum atomic E-state index is -0.341. The van der Waals surface area contributed by atoms with Crippen molar-refractivity contribution in [3.63, 3.8) is 0 Å². The third-order valence-electron chi connectivity index (χ3n) is 3.72. The van der Waals surface area contributed by atoms with Crippen LogP contribution in [-0.2, 0) is 6.61 Å². The molecule has 1 aromatic heterocycles. The van der Waals surface area contributed by atoms with Crippen LogP contribution in [0.15, 0.2) is 59.0 Å². The molecule has 134 valence electrons. The van der Waals surface area contributed by atoms with Gasteiger partial charge < -0.3 is 19.2 Å². The fourth-order valence-corrected chi connectivity index (χ4v) is 2.62. The van der Waals surface area contributed by atoms with E-state index >= 15 is 0 Å². The number of anilines is 1. The molecule has 0 spiro atoms. The molecule has 0 aliphatic rings. The van der Waals surface area contributed by atoms with Gasteiger partial charge in [-0.3, -0.25) is 4.79 Å². The topological polar surface area (TPSA) is 60.7 Å². The molecule has 1 N–H and O–H groups in total. The van der Waals surface area contributed by atoms with Crippen molar-refractivity contribution < 1.29 is 18.7 Å². The molecule has 5 nitrogen and oxygen atoms in total. The summed E-state index contributed by atoms with van der Waals surface area (Å²) in [5.41, 5.74) is 1.56. The lowest BCUT2D eigenvalue weighted by atomic mass is 10.2. The summed E-state index contributed by atoms with van der Waals surface area (Å²) in [5, 5.41) is 3.42. The van der Waals surface area contributed by atoms with Gasteiger partial charge in [0.2, 0.25) is 0 Å². The Balaban J connectivity index is 1.62. The average molecular weight is 372 g/mol. The third kappa shape index (κ3) is 4.37. The summed E-state index contributed by atoms with van der Waals surface area (Å²) in [4.78, 5) is 12.3. The lowest BCUT2D eigenvalue weighted by molar-refractivity contribution is 0.0992. The van der Waals surface area contributed by atoms with E-state index in [-0.39, 0.29) is 18.3 Å². The Hall–Kier alpha value is -2.92. The molecule has 0 unspecified atom stereocenters. The predicted molar refractivity (Wildman–Crippen MR) is 100 cm³/mol. The van der Waals surface area contributed by atoms with Gasteiger partial charge in [-0.1, -0.05) is 17.7 Å². The first-order valence-electron chi connectivity index (χ1n) is 7.98. The molecule has 3 rings (SSSR count). The maximum atomic E-state index is 12.3. The molecule has 1 amide bonds. The fraction of sp³-hybridized carbons (Fsp3) is 0.150. The average Bonchev–Trinajstić information content (AvgIpc) is 3.10. The predicted octanol–water partition coefficient (Wildman–Crippen LogP) is 5.08. The lowest BCUT2D eigenvalue weighted by Crippen LogP contribution is -2.10. The number of ether oxygens (including phenoxy) is 2. The third-order valence-corrected chi connectivity index (χ3v) is 3.96. The summed E-state index contributed by atoms with van der Waals surface area (Å²) in [5.74, 6) is 1.80. The highest BCUT2D eigenvalue weighted by Crippen LogP contribution is 2.23. The van der Waals surface area contributed by atoms with Crippen LogP contribution in [0.3, 0.4) is 0 Å². The van der Waals surface area contributed by atoms with Crippen molar-refractivity contribution in [3.05, 3.63) is 76.7 Å². The number of carbonyl (C=O) groups excluding carboxylic acids is 1. The highest BCUT2D eigenvalue weighted by Gasteiger charge is 2.12. The summed E-state index contributed by atoms with van der Waals surface area (Å²) < 4.78 is 16.4. The van der Waals surface area contributed by atoms with Gasteiger partial charge in [-0.15, -0.1) is 0 Å². The highest BCUT2D eigenvalue weighted by molar-refractivity contribution is 6.30. The maximum absolute atomic E-state index is 12.3. The molecule has 0 aliphatic carbocycles. The van der Waals surface area contributed by atoms with Crippen LogP contribution in [0.4, 0.5) is 5.69 Å². The quantitative estimate of drug-likeness (QED) is 0.656. The molecular weight excluding hydrogens is 354 g/mol. The summed E-state index contributed by atoms with van der Waals surface area (Å²) >= 11 is 5.93. The minimum absolute atomic E-state index is 0.208. The Labute approximate surface area is 156 Å². The summed E-state index contributed by atoms with van der Waals surface area (Å²) in [7, 11) is 1.57. The van der Waals surface area contributed by atoms with E-state index in [0.29, 0.717) is 28.0 Å². The standard InChI is InChI=1S/C20H18ClNO4/c1-13-10-14(21)6-8-18(13)25-12-17-7-9-19(26-17)20(23)22-15-4-3-5-16(11-15)24-2/h3-11H,12H2,1-2H3,(H,22,23). The van der Waals surface area contributed by atoms with Gasteiger partial charge in [-0.2, -0.15) is 0 Å². The highest BCUT2D eigenvalue weighted by atomic mass is 35.5. The van der Waals surface area contributed by atoms with Crippen LogP contribution < -0.4 is 14.8 Å². The molecule has 0 atom stereocenters. The Morgan fingerprint density at radius 1 is 1.15 bits per heavy atom. The van der Waals surface area contributed by atoms with E-state index in [0.717, 1.165) is 5.56 Å². The maximum Gasteiger partial charge on any atom is 0.291 e. The van der Waals surface area contributed by atoms with E-state index in [4.69, 9.17) is 25.5 Å². The van der Waals surface area contributed by atoms with Gasteiger partial charge in [0, 0.05) is 16.8 Å². The van der Waals surface area contributed by atoms with Crippen molar-refractivity contribution in [2.24, 2.45) is 0 Å². The van der Waals surface area contributed by atoms with Gasteiger partial charge in [0.1, 0.15) is 23.9 Å². The number of methoxy groups -OCH3 is 1. The molecular formula is C20H18ClNO4. The molecule has 0 bridgehead atoms. The zero-order valence-corrected chi connectivity index (χ0v) is 15.2. The van der Waals surface area contributed by atoms with Crippen LogP contribution in [-0.4, -0.2) is 13.0 Å². The Kier molecular flexibility index (Phi) is 5.49. The van der Waals surface area contributed by atoms with E-state index in [1.807, 2.05) is 13.0 Å². The Bertz CT molecular complexity index is 920. The van der Waals surface area contributed by atoms with Crippen LogP contribution in [0.1, 0.15) is 21.9 Å². The molecule has 0 aliphatic heterocycles. The van der Waals surface area contributed by atoms with Gasteiger partial charge in [0.05, 0.1) is 7.11 Å². The number of rotatable bonds is 6. The van der Waals surface area contributed by atoms with Gasteiger partial charge in [-0.05, 0) is 55.0 Å². The van der Waals surface area contributed by atoms with Gasteiger partial charge >= 0.3 is 0 Å². The summed E-state index contributed by atoms with van der Waals surface area (Å²) in [6.07, 6.45) is 0. The number of halogens is 1. The monoisotopic (exact) mass is 371 g/mol. The van der Waals surface area contributed by atoms with E-state index in [2.05, 4.69) is 5.32 Å². The number of benzene rings is 2. The second-order valence-corrected chi connectivity index (χ2v) is 6.09. The number of furan rings is 1. The Morgan fingerprint density at radius 2 is 2.00 bits per heavy atom. The van der Waals surface area contributed by atoms with Crippen LogP contribution in [0, 0.1) is 6.92 Å². The molecule has 3 aromatic rings. The van der Waals surface area contributed by atoms with E-state index in [9.17, 15) is 4.79 Å². The van der Waals surface area contributed by atoms with Crippen molar-refractivity contribution in [1.29, 1.82) is 0 Å². The second-order valence-electron chi connectivity index (χ2n) is 5.65. The number of nitrogens with one attached hydrogen (secondary N) is 1. The van der Waals surface area contributed by atoms with Crippen LogP contribution in [0.2, 0.25) is 5.02 Å². The first-order valence-corrected chi connectivity index (χ1v) is 8.36. The van der Waals surface area contributed by atoms with Crippen molar-refractivity contribution >= 4 is 23.2 Å². The molecule has 0 saturated heterocycles. The molecule has 0 radical (unpaired) electrons. The largest absolute Gasteiger partial charge is 0.497 e. The van der Waals surface area contributed by atoms with Crippen molar-refractivity contribution in [2.45, 2.75) is 13.5 Å². The van der Waals surface area contributed by atoms with E-state index < -0.39 is 0 Å². The van der Waals surface area contributed by atoms with E-state index in [1.165, 1.54) is 0 Å². The van der Waals surface area contributed by atoms with Gasteiger partial charge in [0.25, 0.3) is 5.91 Å². The molecule has 1 heterocycles. The SMILES string of the molecule is COc1cccc(NC(=O)c2ccc(COc3ccc(Cl)cc3C)o2)c1. The first-order chi connectivity index (χ1) is 12.5. The normalized spacial score (nSPS) is 10.4. The number of hydrogen-bond acceptors (Lipinski definition) is 4. The van der Waals surface area contributed by atoms with Gasteiger partial charge in [-0.25, -0.2) is 0 Å². The molecule has 0 fully saturated rings. The van der Waals surface area contributed by atoms with Crippen molar-refractivity contribution in [3.8, 4) is 11.5 Å². The van der Waals surface area contributed by atoms with Crippen molar-refractivity contribution in [2.75, 3.05) is 12.4 Å². The second kappa shape index (κ2) is 7.97. The fourth-order valence-electron chi connectivity index (χ4n) is 2.39. The Morgan fingerprint density at radius 3 is 2.77 bits per heavy atom. The smallest absolute Gasteiger partial charge is 0.291 e. The van der Waals surface area contributed by atoms with Gasteiger partial charge in [0.15, 0.2) is 5.76 Å². The lowest BCUT2D eigenvalue weighted by Gasteiger charge is -2.08. The zero-order chi connectivity index (χ0) is 18.5. The van der Waals surface area contributed by atoms with E-state index in [1.54, 1.807) is 55.6 Å². The molecule has 0 saturated carbocycles. The number of carbonyl (C=O) groups is 1. The molecule has 2 aromatic carbocycles. The van der Waals surface area contributed by atoms with Crippen LogP contribution >= 0.6 is 11.6 Å². The zero-order valence-electron chi connectivity index (χ0n) is 14.4.